The minimum Gasteiger partial charge on any atom is -0.392 e. The number of carbonyl (C=O) groups excluding carboxylic acids is 1. The van der Waals surface area contributed by atoms with E-state index in [2.05, 4.69) is 10.6 Å². The molecule has 2 fully saturated rings. The van der Waals surface area contributed by atoms with Crippen LogP contribution >= 0.6 is 0 Å². The van der Waals surface area contributed by atoms with E-state index in [9.17, 15) is 9.90 Å². The molecule has 0 saturated heterocycles. The molecule has 86 valence electrons. The van der Waals surface area contributed by atoms with Gasteiger partial charge in [-0.25, -0.2) is 0 Å². The fraction of sp³-hybridized carbons (Fsp3) is 0.909. The molecule has 2 aliphatic carbocycles. The van der Waals surface area contributed by atoms with E-state index in [1.807, 2.05) is 0 Å². The average molecular weight is 212 g/mol. The first-order valence-corrected chi connectivity index (χ1v) is 5.96. The zero-order valence-electron chi connectivity index (χ0n) is 9.04. The van der Waals surface area contributed by atoms with Crippen LogP contribution in [0, 0.1) is 5.92 Å². The zero-order chi connectivity index (χ0) is 10.7. The second kappa shape index (κ2) is 4.94. The highest BCUT2D eigenvalue weighted by Gasteiger charge is 2.29. The van der Waals surface area contributed by atoms with Crippen molar-refractivity contribution in [1.29, 1.82) is 0 Å². The third kappa shape index (κ3) is 3.18. The molecule has 0 bridgehead atoms. The smallest absolute Gasteiger partial charge is 0.223 e. The molecule has 4 heteroatoms. The van der Waals surface area contributed by atoms with E-state index in [0.717, 1.165) is 38.6 Å². The lowest BCUT2D eigenvalue weighted by Gasteiger charge is -2.16. The fourth-order valence-electron chi connectivity index (χ4n) is 2.11. The predicted molar refractivity (Wildman–Crippen MR) is 57.4 cm³/mol. The van der Waals surface area contributed by atoms with Gasteiger partial charge in [0.15, 0.2) is 0 Å². The first-order chi connectivity index (χ1) is 7.27. The van der Waals surface area contributed by atoms with Gasteiger partial charge < -0.3 is 15.7 Å². The van der Waals surface area contributed by atoms with E-state index >= 15 is 0 Å². The van der Waals surface area contributed by atoms with Crippen molar-refractivity contribution in [2.75, 3.05) is 13.1 Å². The quantitative estimate of drug-likeness (QED) is 0.563. The molecular weight excluding hydrogens is 192 g/mol. The number of carbonyl (C=O) groups is 1. The molecule has 0 aromatic heterocycles. The van der Waals surface area contributed by atoms with Crippen molar-refractivity contribution in [3.8, 4) is 0 Å². The lowest BCUT2D eigenvalue weighted by Crippen LogP contribution is -2.40. The summed E-state index contributed by atoms with van der Waals surface area (Å²) in [4.78, 5) is 11.3. The summed E-state index contributed by atoms with van der Waals surface area (Å²) in [6, 6.07) is 0.239. The van der Waals surface area contributed by atoms with Crippen molar-refractivity contribution in [2.24, 2.45) is 5.92 Å². The van der Waals surface area contributed by atoms with Gasteiger partial charge in [-0.1, -0.05) is 0 Å². The molecule has 0 aliphatic heterocycles. The number of hydrogen-bond donors (Lipinski definition) is 3. The van der Waals surface area contributed by atoms with Gasteiger partial charge in [0.2, 0.25) is 5.91 Å². The standard InChI is InChI=1S/C11H20N2O2/c14-10-3-1-2-9(10)12-6-7-13-11(15)8-4-5-8/h8-10,12,14H,1-7H2,(H,13,15)/t9-,10-/m1/s1. The van der Waals surface area contributed by atoms with Gasteiger partial charge in [0.25, 0.3) is 0 Å². The summed E-state index contributed by atoms with van der Waals surface area (Å²) in [7, 11) is 0. The van der Waals surface area contributed by atoms with E-state index in [-0.39, 0.29) is 18.1 Å². The summed E-state index contributed by atoms with van der Waals surface area (Å²) in [5.74, 6) is 0.492. The van der Waals surface area contributed by atoms with Crippen molar-refractivity contribution >= 4 is 5.91 Å². The molecule has 2 saturated carbocycles. The van der Waals surface area contributed by atoms with Crippen molar-refractivity contribution in [3.63, 3.8) is 0 Å². The molecule has 0 radical (unpaired) electrons. The topological polar surface area (TPSA) is 61.4 Å². The van der Waals surface area contributed by atoms with Crippen LogP contribution in [0.25, 0.3) is 0 Å². The maximum absolute atomic E-state index is 11.3. The van der Waals surface area contributed by atoms with Gasteiger partial charge in [-0.05, 0) is 32.1 Å². The molecule has 15 heavy (non-hydrogen) atoms. The van der Waals surface area contributed by atoms with Crippen molar-refractivity contribution < 1.29 is 9.90 Å². The van der Waals surface area contributed by atoms with E-state index in [1.165, 1.54) is 0 Å². The number of hydrogen-bond acceptors (Lipinski definition) is 3. The Kier molecular flexibility index (Phi) is 3.59. The zero-order valence-corrected chi connectivity index (χ0v) is 9.04. The Morgan fingerprint density at radius 3 is 2.60 bits per heavy atom. The first kappa shape index (κ1) is 10.9. The van der Waals surface area contributed by atoms with Gasteiger partial charge in [-0.2, -0.15) is 0 Å². The van der Waals surface area contributed by atoms with Gasteiger partial charge in [0.05, 0.1) is 6.10 Å². The minimum atomic E-state index is -0.191. The van der Waals surface area contributed by atoms with E-state index in [1.54, 1.807) is 0 Å². The number of aliphatic hydroxyl groups is 1. The summed E-state index contributed by atoms with van der Waals surface area (Å²) in [6.07, 6.45) is 4.99. The van der Waals surface area contributed by atoms with Crippen LogP contribution in [0.4, 0.5) is 0 Å². The molecule has 3 N–H and O–H groups in total. The minimum absolute atomic E-state index is 0.191. The molecule has 2 rings (SSSR count). The van der Waals surface area contributed by atoms with Crippen LogP contribution in [-0.2, 0) is 4.79 Å². The lowest BCUT2D eigenvalue weighted by molar-refractivity contribution is -0.122. The van der Waals surface area contributed by atoms with Crippen LogP contribution in [0.15, 0.2) is 0 Å². The maximum Gasteiger partial charge on any atom is 0.223 e. The molecule has 4 nitrogen and oxygen atoms in total. The van der Waals surface area contributed by atoms with Crippen LogP contribution in [-0.4, -0.2) is 36.2 Å². The van der Waals surface area contributed by atoms with Gasteiger partial charge in [0, 0.05) is 25.0 Å². The molecule has 0 heterocycles. The molecule has 2 aliphatic rings. The highest BCUT2D eigenvalue weighted by Crippen LogP contribution is 2.28. The summed E-state index contributed by atoms with van der Waals surface area (Å²) in [5, 5.41) is 15.7. The lowest BCUT2D eigenvalue weighted by atomic mass is 10.2. The van der Waals surface area contributed by atoms with Gasteiger partial charge in [-0.3, -0.25) is 4.79 Å². The summed E-state index contributed by atoms with van der Waals surface area (Å²) in [5.41, 5.74) is 0. The number of nitrogens with one attached hydrogen (secondary N) is 2. The Morgan fingerprint density at radius 1 is 1.20 bits per heavy atom. The van der Waals surface area contributed by atoms with Gasteiger partial charge in [-0.15, -0.1) is 0 Å². The molecule has 0 spiro atoms. The molecule has 2 atom stereocenters. The molecular formula is C11H20N2O2. The molecule has 0 unspecified atom stereocenters. The Balaban J connectivity index is 1.52. The van der Waals surface area contributed by atoms with Crippen LogP contribution < -0.4 is 10.6 Å². The summed E-state index contributed by atoms with van der Waals surface area (Å²) >= 11 is 0. The maximum atomic E-state index is 11.3. The fourth-order valence-corrected chi connectivity index (χ4v) is 2.11. The van der Waals surface area contributed by atoms with E-state index in [4.69, 9.17) is 0 Å². The van der Waals surface area contributed by atoms with Gasteiger partial charge >= 0.3 is 0 Å². The second-order valence-electron chi connectivity index (χ2n) is 4.62. The number of amides is 1. The van der Waals surface area contributed by atoms with Crippen LogP contribution in [0.3, 0.4) is 0 Å². The second-order valence-corrected chi connectivity index (χ2v) is 4.62. The largest absolute Gasteiger partial charge is 0.392 e. The predicted octanol–water partition coefficient (Wildman–Crippen LogP) is 0.0156. The normalized spacial score (nSPS) is 30.5. The van der Waals surface area contributed by atoms with E-state index in [0.29, 0.717) is 12.5 Å². The Bertz CT molecular complexity index is 229. The van der Waals surface area contributed by atoms with Crippen LogP contribution in [0.2, 0.25) is 0 Å². The first-order valence-electron chi connectivity index (χ1n) is 5.96. The Morgan fingerprint density at radius 2 is 2.00 bits per heavy atom. The van der Waals surface area contributed by atoms with Crippen molar-refractivity contribution in [3.05, 3.63) is 0 Å². The Labute approximate surface area is 90.4 Å². The molecule has 0 aromatic carbocycles. The molecule has 1 amide bonds. The van der Waals surface area contributed by atoms with Crippen LogP contribution in [0.1, 0.15) is 32.1 Å². The Hall–Kier alpha value is -0.610. The third-order valence-electron chi connectivity index (χ3n) is 3.26. The monoisotopic (exact) mass is 212 g/mol. The SMILES string of the molecule is O=C(NCCN[C@@H]1CCC[C@H]1O)C1CC1. The highest BCUT2D eigenvalue weighted by atomic mass is 16.3. The number of aliphatic hydroxyl groups excluding tert-OH is 1. The highest BCUT2D eigenvalue weighted by molar-refractivity contribution is 5.80. The summed E-state index contributed by atoms with van der Waals surface area (Å²) in [6.45, 7) is 1.44. The number of rotatable bonds is 5. The molecule has 0 aromatic rings. The van der Waals surface area contributed by atoms with Crippen molar-refractivity contribution in [2.45, 2.75) is 44.2 Å². The van der Waals surface area contributed by atoms with Crippen molar-refractivity contribution in [1.82, 2.24) is 10.6 Å². The van der Waals surface area contributed by atoms with E-state index < -0.39 is 0 Å². The third-order valence-corrected chi connectivity index (χ3v) is 3.26. The average Bonchev–Trinajstić information content (AvgIpc) is 2.99. The van der Waals surface area contributed by atoms with Gasteiger partial charge in [0.1, 0.15) is 0 Å². The van der Waals surface area contributed by atoms with Crippen LogP contribution in [0.5, 0.6) is 0 Å². The summed E-state index contributed by atoms with van der Waals surface area (Å²) < 4.78 is 0.